The molecule has 24 heavy (non-hydrogen) atoms. The van der Waals surface area contributed by atoms with E-state index in [1.165, 1.54) is 0 Å². The largest absolute Gasteiger partial charge is 0.474 e. The van der Waals surface area contributed by atoms with Gasteiger partial charge in [0.1, 0.15) is 6.10 Å². The molecule has 0 bridgehead atoms. The number of carbonyl (C=O) groups is 1. The van der Waals surface area contributed by atoms with Crippen LogP contribution in [-0.2, 0) is 4.74 Å². The lowest BCUT2D eigenvalue weighted by Gasteiger charge is -2.22. The minimum absolute atomic E-state index is 0.0585. The molecule has 2 aromatic rings. The van der Waals surface area contributed by atoms with Crippen LogP contribution in [0.2, 0.25) is 0 Å². The molecule has 126 valence electrons. The highest BCUT2D eigenvalue weighted by Crippen LogP contribution is 2.17. The van der Waals surface area contributed by atoms with E-state index in [1.807, 2.05) is 37.3 Å². The van der Waals surface area contributed by atoms with Crippen LogP contribution < -0.4 is 10.1 Å². The maximum Gasteiger partial charge on any atom is 0.253 e. The number of ether oxygens (including phenoxy) is 2. The summed E-state index contributed by atoms with van der Waals surface area (Å²) in [7, 11) is 0. The Kier molecular flexibility index (Phi) is 5.43. The van der Waals surface area contributed by atoms with Crippen molar-refractivity contribution in [1.29, 1.82) is 0 Å². The number of nitrogens with zero attached hydrogens (tertiary/aromatic N) is 1. The minimum Gasteiger partial charge on any atom is -0.474 e. The highest BCUT2D eigenvalue weighted by molar-refractivity contribution is 5.94. The van der Waals surface area contributed by atoms with E-state index in [4.69, 9.17) is 9.47 Å². The molecule has 1 amide bonds. The average Bonchev–Trinajstić information content (AvgIpc) is 2.64. The molecule has 5 heteroatoms. The number of nitrogens with one attached hydrogen (secondary N) is 1. The summed E-state index contributed by atoms with van der Waals surface area (Å²) in [6, 6.07) is 13.3. The van der Waals surface area contributed by atoms with Gasteiger partial charge < -0.3 is 14.8 Å². The van der Waals surface area contributed by atoms with Crippen molar-refractivity contribution in [2.45, 2.75) is 31.9 Å². The van der Waals surface area contributed by atoms with Gasteiger partial charge in [-0.3, -0.25) is 4.79 Å². The average molecular weight is 326 g/mol. The Labute approximate surface area is 142 Å². The van der Waals surface area contributed by atoms with Gasteiger partial charge in [-0.1, -0.05) is 30.3 Å². The van der Waals surface area contributed by atoms with E-state index in [0.717, 1.165) is 31.6 Å². The van der Waals surface area contributed by atoms with Gasteiger partial charge in [-0.25, -0.2) is 4.98 Å². The summed E-state index contributed by atoms with van der Waals surface area (Å²) in [5.74, 6) is 0.408. The first kappa shape index (κ1) is 16.5. The Balaban J connectivity index is 1.57. The number of rotatable bonds is 5. The van der Waals surface area contributed by atoms with E-state index >= 15 is 0 Å². The Bertz CT molecular complexity index is 652. The van der Waals surface area contributed by atoms with Crippen LogP contribution in [0.25, 0.3) is 0 Å². The lowest BCUT2D eigenvalue weighted by molar-refractivity contribution is 0.0237. The molecule has 3 rings (SSSR count). The van der Waals surface area contributed by atoms with Gasteiger partial charge in [-0.05, 0) is 18.6 Å². The molecule has 2 heterocycles. The molecular formula is C19H22N2O3. The predicted molar refractivity (Wildman–Crippen MR) is 91.0 cm³/mol. The monoisotopic (exact) mass is 326 g/mol. The Morgan fingerprint density at radius 2 is 1.96 bits per heavy atom. The van der Waals surface area contributed by atoms with Crippen molar-refractivity contribution < 1.29 is 14.3 Å². The molecule has 1 aliphatic heterocycles. The molecule has 1 aliphatic rings. The van der Waals surface area contributed by atoms with Gasteiger partial charge in [0.15, 0.2) is 0 Å². The Morgan fingerprint density at radius 3 is 2.62 bits per heavy atom. The van der Waals surface area contributed by atoms with E-state index in [-0.39, 0.29) is 18.1 Å². The van der Waals surface area contributed by atoms with Crippen LogP contribution >= 0.6 is 0 Å². The minimum atomic E-state index is -0.142. The second-order valence-corrected chi connectivity index (χ2v) is 5.92. The second kappa shape index (κ2) is 7.93. The fraction of sp³-hybridized carbons (Fsp3) is 0.368. The quantitative estimate of drug-likeness (QED) is 0.917. The zero-order chi connectivity index (χ0) is 16.8. The summed E-state index contributed by atoms with van der Waals surface area (Å²) in [6.45, 7) is 3.41. The number of pyridine rings is 1. The lowest BCUT2D eigenvalue weighted by atomic mass is 10.1. The maximum absolute atomic E-state index is 12.3. The topological polar surface area (TPSA) is 60.5 Å². The summed E-state index contributed by atoms with van der Waals surface area (Å²) in [5.41, 5.74) is 1.59. The van der Waals surface area contributed by atoms with Crippen LogP contribution in [-0.4, -0.2) is 30.2 Å². The summed E-state index contributed by atoms with van der Waals surface area (Å²) < 4.78 is 11.1. The number of carbonyl (C=O) groups excluding carboxylic acids is 1. The Morgan fingerprint density at radius 1 is 1.21 bits per heavy atom. The van der Waals surface area contributed by atoms with Crippen molar-refractivity contribution in [2.75, 3.05) is 13.2 Å². The number of hydrogen-bond donors (Lipinski definition) is 1. The summed E-state index contributed by atoms with van der Waals surface area (Å²) in [4.78, 5) is 16.6. The van der Waals surface area contributed by atoms with Crippen LogP contribution in [0.15, 0.2) is 48.7 Å². The number of amides is 1. The van der Waals surface area contributed by atoms with Gasteiger partial charge in [0.25, 0.3) is 5.91 Å². The molecular weight excluding hydrogens is 304 g/mol. The van der Waals surface area contributed by atoms with Crippen molar-refractivity contribution in [3.05, 3.63) is 59.8 Å². The smallest absolute Gasteiger partial charge is 0.253 e. The molecule has 1 saturated heterocycles. The van der Waals surface area contributed by atoms with E-state index < -0.39 is 0 Å². The van der Waals surface area contributed by atoms with E-state index in [0.29, 0.717) is 11.4 Å². The molecule has 0 radical (unpaired) electrons. The first-order valence-corrected chi connectivity index (χ1v) is 8.28. The van der Waals surface area contributed by atoms with Crippen LogP contribution in [0.3, 0.4) is 0 Å². The normalized spacial score (nSPS) is 16.4. The molecule has 5 nitrogen and oxygen atoms in total. The van der Waals surface area contributed by atoms with Crippen molar-refractivity contribution in [2.24, 2.45) is 0 Å². The van der Waals surface area contributed by atoms with Crippen molar-refractivity contribution in [1.82, 2.24) is 10.3 Å². The van der Waals surface area contributed by atoms with Crippen molar-refractivity contribution in [3.8, 4) is 5.88 Å². The first-order chi connectivity index (χ1) is 11.7. The SMILES string of the molecule is C[C@H](NC(=O)c1ccc(OC2CCOCC2)nc1)c1ccccc1. The maximum atomic E-state index is 12.3. The highest BCUT2D eigenvalue weighted by Gasteiger charge is 2.16. The summed E-state index contributed by atoms with van der Waals surface area (Å²) >= 11 is 0. The van der Waals surface area contributed by atoms with E-state index in [2.05, 4.69) is 10.3 Å². The number of benzene rings is 1. The van der Waals surface area contributed by atoms with Crippen LogP contribution in [0.5, 0.6) is 5.88 Å². The second-order valence-electron chi connectivity index (χ2n) is 5.92. The molecule has 1 N–H and O–H groups in total. The first-order valence-electron chi connectivity index (χ1n) is 8.28. The highest BCUT2D eigenvalue weighted by atomic mass is 16.5. The molecule has 0 unspecified atom stereocenters. The fourth-order valence-corrected chi connectivity index (χ4v) is 2.65. The van der Waals surface area contributed by atoms with Crippen molar-refractivity contribution >= 4 is 5.91 Å². The van der Waals surface area contributed by atoms with Crippen LogP contribution in [0.4, 0.5) is 0 Å². The van der Waals surface area contributed by atoms with Crippen molar-refractivity contribution in [3.63, 3.8) is 0 Å². The summed E-state index contributed by atoms with van der Waals surface area (Å²) in [6.07, 6.45) is 3.45. The lowest BCUT2D eigenvalue weighted by Crippen LogP contribution is -2.27. The third kappa shape index (κ3) is 4.32. The molecule has 1 fully saturated rings. The molecule has 0 aliphatic carbocycles. The zero-order valence-corrected chi connectivity index (χ0v) is 13.8. The molecule has 1 aromatic carbocycles. The van der Waals surface area contributed by atoms with E-state index in [9.17, 15) is 4.79 Å². The van der Waals surface area contributed by atoms with Gasteiger partial charge in [0.2, 0.25) is 5.88 Å². The number of hydrogen-bond acceptors (Lipinski definition) is 4. The molecule has 1 atom stereocenters. The molecule has 0 saturated carbocycles. The zero-order valence-electron chi connectivity index (χ0n) is 13.8. The predicted octanol–water partition coefficient (Wildman–Crippen LogP) is 3.13. The van der Waals surface area contributed by atoms with Gasteiger partial charge in [0.05, 0.1) is 24.8 Å². The third-order valence-corrected chi connectivity index (χ3v) is 4.10. The fourth-order valence-electron chi connectivity index (χ4n) is 2.65. The Hall–Kier alpha value is -2.40. The van der Waals surface area contributed by atoms with Crippen LogP contribution in [0, 0.1) is 0 Å². The third-order valence-electron chi connectivity index (χ3n) is 4.10. The van der Waals surface area contributed by atoms with E-state index in [1.54, 1.807) is 18.3 Å². The summed E-state index contributed by atoms with van der Waals surface area (Å²) in [5, 5.41) is 2.98. The molecule has 1 aromatic heterocycles. The van der Waals surface area contributed by atoms with Gasteiger partial charge in [-0.2, -0.15) is 0 Å². The van der Waals surface area contributed by atoms with Gasteiger partial charge >= 0.3 is 0 Å². The van der Waals surface area contributed by atoms with Crippen LogP contribution in [0.1, 0.15) is 41.7 Å². The molecule has 0 spiro atoms. The van der Waals surface area contributed by atoms with Gasteiger partial charge in [0, 0.05) is 25.1 Å². The standard InChI is InChI=1S/C19H22N2O3/c1-14(15-5-3-2-4-6-15)21-19(22)16-7-8-18(20-13-16)24-17-9-11-23-12-10-17/h2-8,13-14,17H,9-12H2,1H3,(H,21,22)/t14-/m0/s1. The number of aromatic nitrogens is 1. The van der Waals surface area contributed by atoms with Gasteiger partial charge in [-0.15, -0.1) is 0 Å².